The summed E-state index contributed by atoms with van der Waals surface area (Å²) in [6, 6.07) is 6.17. The fourth-order valence-electron chi connectivity index (χ4n) is 2.19. The van der Waals surface area contributed by atoms with Crippen LogP contribution in [0.1, 0.15) is 24.0 Å². The van der Waals surface area contributed by atoms with Crippen molar-refractivity contribution in [3.8, 4) is 5.75 Å². The van der Waals surface area contributed by atoms with E-state index in [1.165, 1.54) is 5.56 Å². The molecule has 2 rings (SSSR count). The number of benzene rings is 1. The van der Waals surface area contributed by atoms with Crippen LogP contribution in [0, 0.1) is 0 Å². The van der Waals surface area contributed by atoms with Crippen molar-refractivity contribution in [1.82, 2.24) is 4.90 Å². The summed E-state index contributed by atoms with van der Waals surface area (Å²) >= 11 is 0. The van der Waals surface area contributed by atoms with E-state index in [2.05, 4.69) is 6.07 Å². The molecule has 18 heavy (non-hydrogen) atoms. The van der Waals surface area contributed by atoms with Crippen molar-refractivity contribution in [1.29, 1.82) is 0 Å². The molecular weight excluding hydrogens is 228 g/mol. The smallest absolute Gasteiger partial charge is 0.223 e. The Morgan fingerprint density at radius 2 is 2.33 bits per heavy atom. The monoisotopic (exact) mass is 248 g/mol. The summed E-state index contributed by atoms with van der Waals surface area (Å²) in [6.45, 7) is 1.84. The number of fused-ring (bicyclic) bond motifs is 1. The van der Waals surface area contributed by atoms with Gasteiger partial charge in [-0.3, -0.25) is 4.79 Å². The van der Waals surface area contributed by atoms with Gasteiger partial charge in [0.2, 0.25) is 5.91 Å². The van der Waals surface area contributed by atoms with Crippen LogP contribution in [0.25, 0.3) is 0 Å². The molecule has 0 spiro atoms. The van der Waals surface area contributed by atoms with Gasteiger partial charge in [0.25, 0.3) is 0 Å². The van der Waals surface area contributed by atoms with Crippen LogP contribution in [0.2, 0.25) is 0 Å². The number of hydrogen-bond acceptors (Lipinski definition) is 3. The van der Waals surface area contributed by atoms with Crippen molar-refractivity contribution in [2.24, 2.45) is 5.73 Å². The van der Waals surface area contributed by atoms with Crippen LogP contribution in [0.3, 0.4) is 0 Å². The van der Waals surface area contributed by atoms with Crippen molar-refractivity contribution in [3.05, 3.63) is 29.3 Å². The Kier molecular flexibility index (Phi) is 4.20. The van der Waals surface area contributed by atoms with Crippen molar-refractivity contribution in [3.63, 3.8) is 0 Å². The number of carbonyl (C=O) groups excluding carboxylic acids is 1. The van der Waals surface area contributed by atoms with Gasteiger partial charge in [-0.2, -0.15) is 0 Å². The molecule has 0 aromatic heterocycles. The quantitative estimate of drug-likeness (QED) is 0.874. The number of ether oxygens (including phenoxy) is 1. The van der Waals surface area contributed by atoms with Crippen LogP contribution < -0.4 is 10.5 Å². The molecule has 0 fully saturated rings. The summed E-state index contributed by atoms with van der Waals surface area (Å²) in [7, 11) is 1.81. The summed E-state index contributed by atoms with van der Waals surface area (Å²) < 4.78 is 5.57. The normalized spacial score (nSPS) is 13.7. The number of aryl methyl sites for hydroxylation is 1. The molecule has 2 N–H and O–H groups in total. The van der Waals surface area contributed by atoms with E-state index >= 15 is 0 Å². The van der Waals surface area contributed by atoms with E-state index in [0.717, 1.165) is 30.8 Å². The molecule has 1 amide bonds. The molecule has 98 valence electrons. The zero-order valence-electron chi connectivity index (χ0n) is 10.8. The lowest BCUT2D eigenvalue weighted by Gasteiger charge is -2.20. The first kappa shape index (κ1) is 12.9. The van der Waals surface area contributed by atoms with Gasteiger partial charge in [-0.1, -0.05) is 12.1 Å². The Balaban J connectivity index is 2.03. The minimum atomic E-state index is 0.0893. The second kappa shape index (κ2) is 5.87. The van der Waals surface area contributed by atoms with E-state index in [0.29, 0.717) is 19.5 Å². The fraction of sp³-hybridized carbons (Fsp3) is 0.500. The minimum absolute atomic E-state index is 0.0893. The lowest BCUT2D eigenvalue weighted by molar-refractivity contribution is -0.130. The van der Waals surface area contributed by atoms with E-state index in [-0.39, 0.29) is 5.91 Å². The number of nitrogens with two attached hydrogens (primary N) is 1. The van der Waals surface area contributed by atoms with E-state index in [1.54, 1.807) is 4.90 Å². The van der Waals surface area contributed by atoms with Gasteiger partial charge in [-0.25, -0.2) is 0 Å². The highest BCUT2D eigenvalue weighted by atomic mass is 16.5. The first-order valence-corrected chi connectivity index (χ1v) is 6.39. The second-order valence-corrected chi connectivity index (χ2v) is 4.68. The summed E-state index contributed by atoms with van der Waals surface area (Å²) in [5, 5.41) is 0. The van der Waals surface area contributed by atoms with Gasteiger partial charge in [-0.15, -0.1) is 0 Å². The molecule has 4 heteroatoms. The summed E-state index contributed by atoms with van der Waals surface area (Å²) in [5.74, 6) is 1.08. The lowest BCUT2D eigenvalue weighted by Crippen LogP contribution is -2.28. The molecular formula is C14H20N2O2. The average molecular weight is 248 g/mol. The molecule has 0 aliphatic carbocycles. The lowest BCUT2D eigenvalue weighted by atomic mass is 10.0. The van der Waals surface area contributed by atoms with Gasteiger partial charge in [0.1, 0.15) is 5.75 Å². The summed E-state index contributed by atoms with van der Waals surface area (Å²) in [4.78, 5) is 13.4. The van der Waals surface area contributed by atoms with Gasteiger partial charge in [0, 0.05) is 26.6 Å². The summed E-state index contributed by atoms with van der Waals surface area (Å²) in [5.41, 5.74) is 7.78. The topological polar surface area (TPSA) is 55.6 Å². The van der Waals surface area contributed by atoms with Crippen LogP contribution in [-0.2, 0) is 17.8 Å². The first-order valence-electron chi connectivity index (χ1n) is 6.39. The molecule has 4 nitrogen and oxygen atoms in total. The number of hydrogen-bond donors (Lipinski definition) is 1. The van der Waals surface area contributed by atoms with Gasteiger partial charge in [0.15, 0.2) is 0 Å². The van der Waals surface area contributed by atoms with Crippen LogP contribution in [0.5, 0.6) is 5.75 Å². The largest absolute Gasteiger partial charge is 0.493 e. The van der Waals surface area contributed by atoms with Crippen LogP contribution in [0.4, 0.5) is 0 Å². The Labute approximate surface area is 108 Å². The van der Waals surface area contributed by atoms with Crippen molar-refractivity contribution in [2.45, 2.75) is 25.8 Å². The number of amides is 1. The van der Waals surface area contributed by atoms with Gasteiger partial charge in [-0.05, 0) is 30.0 Å². The van der Waals surface area contributed by atoms with Gasteiger partial charge < -0.3 is 15.4 Å². The zero-order valence-corrected chi connectivity index (χ0v) is 10.8. The van der Waals surface area contributed by atoms with E-state index in [4.69, 9.17) is 10.5 Å². The van der Waals surface area contributed by atoms with Crippen molar-refractivity contribution in [2.75, 3.05) is 20.2 Å². The number of rotatable bonds is 4. The van der Waals surface area contributed by atoms with Gasteiger partial charge in [0.05, 0.1) is 6.61 Å². The third-order valence-electron chi connectivity index (χ3n) is 3.18. The molecule has 0 unspecified atom stereocenters. The zero-order chi connectivity index (χ0) is 13.0. The van der Waals surface area contributed by atoms with Crippen molar-refractivity contribution >= 4 is 5.91 Å². The average Bonchev–Trinajstić information content (AvgIpc) is 2.39. The molecule has 0 saturated carbocycles. The third kappa shape index (κ3) is 3.01. The van der Waals surface area contributed by atoms with E-state index in [1.807, 2.05) is 19.2 Å². The molecule has 0 atom stereocenters. The fourth-order valence-corrected chi connectivity index (χ4v) is 2.19. The molecule has 1 aromatic rings. The maximum atomic E-state index is 11.7. The van der Waals surface area contributed by atoms with Crippen LogP contribution >= 0.6 is 0 Å². The second-order valence-electron chi connectivity index (χ2n) is 4.68. The molecule has 0 saturated heterocycles. The third-order valence-corrected chi connectivity index (χ3v) is 3.18. The maximum Gasteiger partial charge on any atom is 0.223 e. The Morgan fingerprint density at radius 3 is 3.11 bits per heavy atom. The minimum Gasteiger partial charge on any atom is -0.493 e. The standard InChI is InChI=1S/C14H20N2O2/c1-16(14(17)6-7-15)10-11-4-5-13-12(9-11)3-2-8-18-13/h4-5,9H,2-3,6-8,10,15H2,1H3. The summed E-state index contributed by atoms with van der Waals surface area (Å²) in [6.07, 6.45) is 2.53. The van der Waals surface area contributed by atoms with Gasteiger partial charge >= 0.3 is 0 Å². The molecule has 1 heterocycles. The first-order chi connectivity index (χ1) is 8.70. The maximum absolute atomic E-state index is 11.7. The van der Waals surface area contributed by atoms with Crippen LogP contribution in [0.15, 0.2) is 18.2 Å². The molecule has 1 aliphatic heterocycles. The highest BCUT2D eigenvalue weighted by Crippen LogP contribution is 2.25. The number of nitrogens with zero attached hydrogens (tertiary/aromatic N) is 1. The SMILES string of the molecule is CN(Cc1ccc2c(c1)CCCO2)C(=O)CCN. The Hall–Kier alpha value is -1.55. The predicted molar refractivity (Wildman–Crippen MR) is 70.4 cm³/mol. The molecule has 0 bridgehead atoms. The van der Waals surface area contributed by atoms with E-state index < -0.39 is 0 Å². The molecule has 1 aromatic carbocycles. The highest BCUT2D eigenvalue weighted by Gasteiger charge is 2.12. The van der Waals surface area contributed by atoms with Crippen LogP contribution in [-0.4, -0.2) is 31.0 Å². The number of carbonyl (C=O) groups is 1. The molecule has 0 radical (unpaired) electrons. The van der Waals surface area contributed by atoms with Crippen molar-refractivity contribution < 1.29 is 9.53 Å². The van der Waals surface area contributed by atoms with E-state index in [9.17, 15) is 4.79 Å². The Morgan fingerprint density at radius 1 is 1.50 bits per heavy atom. The highest BCUT2D eigenvalue weighted by molar-refractivity contribution is 5.76. The predicted octanol–water partition coefficient (Wildman–Crippen LogP) is 1.32. The Bertz CT molecular complexity index is 432. The molecule has 1 aliphatic rings.